The van der Waals surface area contributed by atoms with Crippen LogP contribution in [0.2, 0.25) is 0 Å². The highest BCUT2D eigenvalue weighted by atomic mass is 32.1. The Morgan fingerprint density at radius 1 is 1.15 bits per heavy atom. The molecule has 3 aromatic rings. The smallest absolute Gasteiger partial charge is 0.220 e. The maximum absolute atomic E-state index is 12.5. The van der Waals surface area contributed by atoms with Crippen molar-refractivity contribution in [3.63, 3.8) is 0 Å². The molecule has 26 heavy (non-hydrogen) atoms. The van der Waals surface area contributed by atoms with Gasteiger partial charge in [0.15, 0.2) is 0 Å². The van der Waals surface area contributed by atoms with E-state index in [1.54, 1.807) is 18.4 Å². The Balaban J connectivity index is 1.62. The first-order chi connectivity index (χ1) is 12.6. The number of methoxy groups -OCH3 is 1. The predicted octanol–water partition coefficient (Wildman–Crippen LogP) is 4.75. The maximum Gasteiger partial charge on any atom is 0.220 e. The maximum atomic E-state index is 12.5. The fourth-order valence-corrected chi connectivity index (χ4v) is 3.91. The first-order valence-corrected chi connectivity index (χ1v) is 9.66. The number of rotatable bonds is 7. The molecule has 1 aromatic heterocycles. The van der Waals surface area contributed by atoms with Crippen LogP contribution < -0.4 is 10.1 Å². The molecule has 1 unspecified atom stereocenters. The van der Waals surface area contributed by atoms with E-state index in [4.69, 9.17) is 4.74 Å². The van der Waals surface area contributed by atoms with Crippen molar-refractivity contribution < 1.29 is 9.53 Å². The van der Waals surface area contributed by atoms with Gasteiger partial charge in [-0.25, -0.2) is 4.98 Å². The summed E-state index contributed by atoms with van der Waals surface area (Å²) < 4.78 is 6.38. The molecule has 0 saturated carbocycles. The van der Waals surface area contributed by atoms with Crippen molar-refractivity contribution in [3.8, 4) is 5.75 Å². The van der Waals surface area contributed by atoms with Gasteiger partial charge < -0.3 is 10.1 Å². The number of nitrogens with zero attached hydrogens (tertiary/aromatic N) is 1. The molecule has 0 aliphatic heterocycles. The zero-order valence-corrected chi connectivity index (χ0v) is 16.2. The van der Waals surface area contributed by atoms with Gasteiger partial charge in [0.05, 0.1) is 28.4 Å². The molecular formula is C21H24N2O2S. The van der Waals surface area contributed by atoms with Crippen LogP contribution >= 0.6 is 11.3 Å². The molecule has 4 nitrogen and oxygen atoms in total. The van der Waals surface area contributed by atoms with Crippen LogP contribution in [0.25, 0.3) is 10.2 Å². The average Bonchev–Trinajstić information content (AvgIpc) is 3.07. The van der Waals surface area contributed by atoms with Crippen molar-refractivity contribution in [2.45, 2.75) is 32.7 Å². The largest absolute Gasteiger partial charge is 0.497 e. The molecule has 1 amide bonds. The third-order valence-corrected chi connectivity index (χ3v) is 5.46. The van der Waals surface area contributed by atoms with E-state index in [-0.39, 0.29) is 11.9 Å². The minimum atomic E-state index is -0.0104. The number of aryl methyl sites for hydroxylation is 1. The highest BCUT2D eigenvalue weighted by Gasteiger charge is 2.18. The molecule has 0 aliphatic carbocycles. The van der Waals surface area contributed by atoms with Crippen LogP contribution in [-0.2, 0) is 11.2 Å². The normalized spacial score (nSPS) is 12.3. The number of ether oxygens (including phenoxy) is 1. The number of thiazole rings is 1. The lowest BCUT2D eigenvalue weighted by Crippen LogP contribution is -2.31. The molecule has 5 heteroatoms. The third kappa shape index (κ3) is 4.41. The van der Waals surface area contributed by atoms with E-state index in [1.165, 1.54) is 4.70 Å². The van der Waals surface area contributed by atoms with E-state index < -0.39 is 0 Å². The highest BCUT2D eigenvalue weighted by molar-refractivity contribution is 7.18. The molecule has 0 saturated heterocycles. The molecule has 136 valence electrons. The third-order valence-electron chi connectivity index (χ3n) is 4.36. The predicted molar refractivity (Wildman–Crippen MR) is 107 cm³/mol. The Labute approximate surface area is 158 Å². The quantitative estimate of drug-likeness (QED) is 0.655. The molecule has 1 heterocycles. The number of hydrogen-bond donors (Lipinski definition) is 1. The molecular weight excluding hydrogens is 344 g/mol. The molecule has 0 aliphatic rings. The number of amides is 1. The summed E-state index contributed by atoms with van der Waals surface area (Å²) in [4.78, 5) is 17.1. The summed E-state index contributed by atoms with van der Waals surface area (Å²) >= 11 is 1.66. The van der Waals surface area contributed by atoms with E-state index in [0.717, 1.165) is 21.8 Å². The first kappa shape index (κ1) is 18.4. The molecule has 1 atom stereocenters. The Morgan fingerprint density at radius 2 is 1.88 bits per heavy atom. The van der Waals surface area contributed by atoms with Gasteiger partial charge >= 0.3 is 0 Å². The molecule has 0 spiro atoms. The molecule has 3 rings (SSSR count). The van der Waals surface area contributed by atoms with Crippen LogP contribution in [-0.4, -0.2) is 18.0 Å². The Kier molecular flexibility index (Phi) is 5.89. The summed E-state index contributed by atoms with van der Waals surface area (Å²) in [6.07, 6.45) is 1.11. The van der Waals surface area contributed by atoms with Crippen LogP contribution in [0.15, 0.2) is 48.5 Å². The SMILES string of the molecule is COc1ccc(C(NC(=O)CCc2nc3ccccc3s2)C(C)C)cc1. The zero-order valence-electron chi connectivity index (χ0n) is 15.4. The van der Waals surface area contributed by atoms with Gasteiger partial charge in [-0.05, 0) is 35.7 Å². The number of aromatic nitrogens is 1. The second-order valence-corrected chi connectivity index (χ2v) is 7.75. The zero-order chi connectivity index (χ0) is 18.5. The number of benzene rings is 2. The monoisotopic (exact) mass is 368 g/mol. The van der Waals surface area contributed by atoms with E-state index in [9.17, 15) is 4.79 Å². The van der Waals surface area contributed by atoms with Gasteiger partial charge in [-0.3, -0.25) is 4.79 Å². The number of carbonyl (C=O) groups is 1. The van der Waals surface area contributed by atoms with Gasteiger partial charge in [-0.15, -0.1) is 11.3 Å². The van der Waals surface area contributed by atoms with Crippen LogP contribution in [0.5, 0.6) is 5.75 Å². The topological polar surface area (TPSA) is 51.2 Å². The Morgan fingerprint density at radius 3 is 2.54 bits per heavy atom. The fourth-order valence-electron chi connectivity index (χ4n) is 2.94. The van der Waals surface area contributed by atoms with Crippen molar-refractivity contribution in [1.82, 2.24) is 10.3 Å². The second kappa shape index (κ2) is 8.32. The van der Waals surface area contributed by atoms with Gasteiger partial charge in [0.25, 0.3) is 0 Å². The molecule has 1 N–H and O–H groups in total. The Hall–Kier alpha value is -2.40. The van der Waals surface area contributed by atoms with Crippen molar-refractivity contribution in [2.75, 3.05) is 7.11 Å². The fraction of sp³-hybridized carbons (Fsp3) is 0.333. The summed E-state index contributed by atoms with van der Waals surface area (Å²) in [6.45, 7) is 4.23. The lowest BCUT2D eigenvalue weighted by Gasteiger charge is -2.23. The number of fused-ring (bicyclic) bond motifs is 1. The van der Waals surface area contributed by atoms with Gasteiger partial charge in [0.1, 0.15) is 5.75 Å². The first-order valence-electron chi connectivity index (χ1n) is 8.84. The van der Waals surface area contributed by atoms with Crippen molar-refractivity contribution in [2.24, 2.45) is 5.92 Å². The summed E-state index contributed by atoms with van der Waals surface area (Å²) in [5.74, 6) is 1.17. The summed E-state index contributed by atoms with van der Waals surface area (Å²) in [5.41, 5.74) is 2.10. The van der Waals surface area contributed by atoms with Gasteiger partial charge in [-0.2, -0.15) is 0 Å². The molecule has 0 fully saturated rings. The van der Waals surface area contributed by atoms with Crippen molar-refractivity contribution >= 4 is 27.5 Å². The molecule has 0 bridgehead atoms. The van der Waals surface area contributed by atoms with Crippen LogP contribution in [0.1, 0.15) is 36.9 Å². The van der Waals surface area contributed by atoms with Gasteiger partial charge in [0.2, 0.25) is 5.91 Å². The second-order valence-electron chi connectivity index (χ2n) is 6.64. The van der Waals surface area contributed by atoms with E-state index in [2.05, 4.69) is 30.2 Å². The van der Waals surface area contributed by atoms with Gasteiger partial charge in [0, 0.05) is 12.8 Å². The lowest BCUT2D eigenvalue weighted by atomic mass is 9.95. The highest BCUT2D eigenvalue weighted by Crippen LogP contribution is 2.25. The number of hydrogen-bond acceptors (Lipinski definition) is 4. The number of nitrogens with one attached hydrogen (secondary N) is 1. The van der Waals surface area contributed by atoms with Crippen LogP contribution in [0.3, 0.4) is 0 Å². The number of carbonyl (C=O) groups excluding carboxylic acids is 1. The van der Waals surface area contributed by atoms with Crippen LogP contribution in [0, 0.1) is 5.92 Å². The van der Waals surface area contributed by atoms with E-state index in [0.29, 0.717) is 18.8 Å². The van der Waals surface area contributed by atoms with Crippen LogP contribution in [0.4, 0.5) is 0 Å². The summed E-state index contributed by atoms with van der Waals surface area (Å²) in [5, 5.41) is 4.18. The van der Waals surface area contributed by atoms with Crippen molar-refractivity contribution in [3.05, 3.63) is 59.1 Å². The Bertz CT molecular complexity index is 838. The standard InChI is InChI=1S/C21H24N2O2S/c1-14(2)21(15-8-10-16(25-3)11-9-15)23-19(24)12-13-20-22-17-6-4-5-7-18(17)26-20/h4-11,14,21H,12-13H2,1-3H3,(H,23,24). The summed E-state index contributed by atoms with van der Waals surface area (Å²) in [7, 11) is 1.65. The number of para-hydroxylation sites is 1. The average molecular weight is 369 g/mol. The van der Waals surface area contributed by atoms with Gasteiger partial charge in [-0.1, -0.05) is 38.1 Å². The van der Waals surface area contributed by atoms with E-state index in [1.807, 2.05) is 42.5 Å². The van der Waals surface area contributed by atoms with E-state index >= 15 is 0 Å². The minimum absolute atomic E-state index is 0.0104. The molecule has 0 radical (unpaired) electrons. The minimum Gasteiger partial charge on any atom is -0.497 e. The van der Waals surface area contributed by atoms with Crippen molar-refractivity contribution in [1.29, 1.82) is 0 Å². The summed E-state index contributed by atoms with van der Waals surface area (Å²) in [6, 6.07) is 15.9. The lowest BCUT2D eigenvalue weighted by molar-refractivity contribution is -0.122. The molecule has 2 aromatic carbocycles.